The van der Waals surface area contributed by atoms with E-state index in [9.17, 15) is 9.59 Å². The Labute approximate surface area is 220 Å². The van der Waals surface area contributed by atoms with Crippen LogP contribution in [-0.4, -0.2) is 31.4 Å². The predicted molar refractivity (Wildman–Crippen MR) is 153 cm³/mol. The molecule has 0 atom stereocenters. The zero-order valence-electron chi connectivity index (χ0n) is 21.8. The maximum atomic E-state index is 13.2. The van der Waals surface area contributed by atoms with Gasteiger partial charge in [-0.2, -0.15) is 0 Å². The van der Waals surface area contributed by atoms with Crippen LogP contribution >= 0.6 is 0 Å². The number of anilines is 2. The van der Waals surface area contributed by atoms with Crippen molar-refractivity contribution >= 4 is 29.3 Å². The van der Waals surface area contributed by atoms with Gasteiger partial charge in [0.1, 0.15) is 0 Å². The van der Waals surface area contributed by atoms with E-state index in [4.69, 9.17) is 0 Å². The molecule has 0 bridgehead atoms. The van der Waals surface area contributed by atoms with Crippen molar-refractivity contribution in [3.05, 3.63) is 102 Å². The van der Waals surface area contributed by atoms with Gasteiger partial charge in [0, 0.05) is 37.1 Å². The molecule has 2 N–H and O–H groups in total. The van der Waals surface area contributed by atoms with E-state index >= 15 is 0 Å². The van der Waals surface area contributed by atoms with E-state index in [1.807, 2.05) is 42.5 Å². The molecule has 2 amide bonds. The summed E-state index contributed by atoms with van der Waals surface area (Å²) in [5.41, 5.74) is 4.48. The molecule has 0 saturated carbocycles. The molecule has 3 aromatic rings. The van der Waals surface area contributed by atoms with Gasteiger partial charge in [0.25, 0.3) is 5.91 Å². The topological polar surface area (TPSA) is 61.4 Å². The highest BCUT2D eigenvalue weighted by molar-refractivity contribution is 6.05. The largest absolute Gasteiger partial charge is 0.371 e. The molecular formula is C32H37N3O2. The molecule has 1 aliphatic rings. The average Bonchev–Trinajstić information content (AvgIpc) is 2.92. The third-order valence-corrected chi connectivity index (χ3v) is 6.73. The van der Waals surface area contributed by atoms with Crippen molar-refractivity contribution in [2.75, 3.05) is 29.9 Å². The SMILES string of the molecule is CC(C)CNC(=O)c1cc(NC(=O)/C=C/c2ccccc2)ccc1N1CCC(Cc2ccccc2)CC1. The molecule has 0 aliphatic carbocycles. The predicted octanol–water partition coefficient (Wildman–Crippen LogP) is 6.18. The van der Waals surface area contributed by atoms with Crippen molar-refractivity contribution in [2.24, 2.45) is 11.8 Å². The molecule has 37 heavy (non-hydrogen) atoms. The van der Waals surface area contributed by atoms with Gasteiger partial charge in [0.05, 0.1) is 5.56 Å². The molecule has 1 aliphatic heterocycles. The molecule has 0 unspecified atom stereocenters. The van der Waals surface area contributed by atoms with Gasteiger partial charge in [-0.15, -0.1) is 0 Å². The minimum Gasteiger partial charge on any atom is -0.371 e. The minimum atomic E-state index is -0.230. The highest BCUT2D eigenvalue weighted by Gasteiger charge is 2.24. The standard InChI is InChI=1S/C32H37N3O2/c1-24(2)23-33-32(37)29-22-28(34-31(36)16-13-25-9-5-3-6-10-25)14-15-30(29)35-19-17-27(18-20-35)21-26-11-7-4-8-12-26/h3-16,22,24,27H,17-21,23H2,1-2H3,(H,33,37)(H,34,36)/b16-13+. The lowest BCUT2D eigenvalue weighted by Gasteiger charge is -2.35. The van der Waals surface area contributed by atoms with Crippen molar-refractivity contribution in [1.29, 1.82) is 0 Å². The van der Waals surface area contributed by atoms with Gasteiger partial charge in [0.2, 0.25) is 5.91 Å². The summed E-state index contributed by atoms with van der Waals surface area (Å²) >= 11 is 0. The molecule has 5 heteroatoms. The number of carbonyl (C=O) groups excluding carboxylic acids is 2. The second kappa shape index (κ2) is 12.9. The zero-order valence-corrected chi connectivity index (χ0v) is 21.8. The third-order valence-electron chi connectivity index (χ3n) is 6.73. The fourth-order valence-corrected chi connectivity index (χ4v) is 4.71. The van der Waals surface area contributed by atoms with E-state index in [-0.39, 0.29) is 11.8 Å². The number of carbonyl (C=O) groups is 2. The van der Waals surface area contributed by atoms with Crippen LogP contribution in [-0.2, 0) is 11.2 Å². The fraction of sp³-hybridized carbons (Fsp3) is 0.312. The Morgan fingerprint density at radius 1 is 0.946 bits per heavy atom. The second-order valence-electron chi connectivity index (χ2n) is 10.2. The number of piperidine rings is 1. The molecule has 192 valence electrons. The Hall–Kier alpha value is -3.86. The Bertz CT molecular complexity index is 1200. The Morgan fingerprint density at radius 2 is 1.62 bits per heavy atom. The first kappa shape index (κ1) is 26.2. The quantitative estimate of drug-likeness (QED) is 0.348. The number of benzene rings is 3. The molecule has 0 spiro atoms. The van der Waals surface area contributed by atoms with Crippen LogP contribution in [0.5, 0.6) is 0 Å². The van der Waals surface area contributed by atoms with Gasteiger partial charge >= 0.3 is 0 Å². The summed E-state index contributed by atoms with van der Waals surface area (Å²) in [6, 6.07) is 26.0. The van der Waals surface area contributed by atoms with E-state index in [0.717, 1.165) is 43.6 Å². The summed E-state index contributed by atoms with van der Waals surface area (Å²) in [6.45, 7) is 6.58. The first-order valence-corrected chi connectivity index (χ1v) is 13.2. The molecule has 4 rings (SSSR count). The van der Waals surface area contributed by atoms with Crippen LogP contribution in [0.25, 0.3) is 6.08 Å². The van der Waals surface area contributed by atoms with Gasteiger partial charge in [-0.1, -0.05) is 74.5 Å². The van der Waals surface area contributed by atoms with E-state index < -0.39 is 0 Å². The molecular weight excluding hydrogens is 458 g/mol. The monoisotopic (exact) mass is 495 g/mol. The fourth-order valence-electron chi connectivity index (χ4n) is 4.71. The van der Waals surface area contributed by atoms with E-state index in [1.54, 1.807) is 12.1 Å². The van der Waals surface area contributed by atoms with Gasteiger partial charge in [-0.25, -0.2) is 0 Å². The molecule has 3 aromatic carbocycles. The number of nitrogens with one attached hydrogen (secondary N) is 2. The summed E-state index contributed by atoms with van der Waals surface area (Å²) in [7, 11) is 0. The average molecular weight is 496 g/mol. The summed E-state index contributed by atoms with van der Waals surface area (Å²) in [5.74, 6) is 0.664. The van der Waals surface area contributed by atoms with E-state index in [0.29, 0.717) is 29.6 Å². The molecule has 1 fully saturated rings. The Morgan fingerprint density at radius 3 is 2.30 bits per heavy atom. The minimum absolute atomic E-state index is 0.106. The van der Waals surface area contributed by atoms with Crippen molar-refractivity contribution in [2.45, 2.75) is 33.1 Å². The van der Waals surface area contributed by atoms with Crippen LogP contribution in [0.4, 0.5) is 11.4 Å². The van der Waals surface area contributed by atoms with Gasteiger partial charge in [-0.05, 0) is 66.5 Å². The van der Waals surface area contributed by atoms with Gasteiger partial charge < -0.3 is 15.5 Å². The zero-order chi connectivity index (χ0) is 26.0. The molecule has 5 nitrogen and oxygen atoms in total. The molecule has 0 radical (unpaired) electrons. The lowest BCUT2D eigenvalue weighted by molar-refractivity contribution is -0.111. The molecule has 1 saturated heterocycles. The van der Waals surface area contributed by atoms with E-state index in [1.165, 1.54) is 11.6 Å². The van der Waals surface area contributed by atoms with Crippen LogP contribution in [0.2, 0.25) is 0 Å². The lowest BCUT2D eigenvalue weighted by atomic mass is 9.89. The third kappa shape index (κ3) is 7.81. The lowest BCUT2D eigenvalue weighted by Crippen LogP contribution is -2.36. The number of rotatable bonds is 9. The Kier molecular flexibility index (Phi) is 9.14. The highest BCUT2D eigenvalue weighted by Crippen LogP contribution is 2.30. The maximum Gasteiger partial charge on any atom is 0.253 e. The summed E-state index contributed by atoms with van der Waals surface area (Å²) in [6.07, 6.45) is 6.56. The van der Waals surface area contributed by atoms with Gasteiger partial charge in [-0.3, -0.25) is 9.59 Å². The first-order chi connectivity index (χ1) is 18.0. The van der Waals surface area contributed by atoms with Crippen molar-refractivity contribution in [1.82, 2.24) is 5.32 Å². The summed E-state index contributed by atoms with van der Waals surface area (Å²) in [4.78, 5) is 28.1. The number of nitrogens with zero attached hydrogens (tertiary/aromatic N) is 1. The summed E-state index contributed by atoms with van der Waals surface area (Å²) in [5, 5.41) is 5.97. The van der Waals surface area contributed by atoms with Crippen molar-refractivity contribution < 1.29 is 9.59 Å². The normalized spacial score (nSPS) is 14.2. The van der Waals surface area contributed by atoms with Crippen molar-refractivity contribution in [3.8, 4) is 0 Å². The van der Waals surface area contributed by atoms with Crippen LogP contribution < -0.4 is 15.5 Å². The second-order valence-corrected chi connectivity index (χ2v) is 10.2. The smallest absolute Gasteiger partial charge is 0.253 e. The van der Waals surface area contributed by atoms with E-state index in [2.05, 4.69) is 59.7 Å². The van der Waals surface area contributed by atoms with Gasteiger partial charge in [0.15, 0.2) is 0 Å². The highest BCUT2D eigenvalue weighted by atomic mass is 16.2. The van der Waals surface area contributed by atoms with Crippen LogP contribution in [0.15, 0.2) is 84.9 Å². The van der Waals surface area contributed by atoms with Crippen LogP contribution in [0.1, 0.15) is 48.2 Å². The van der Waals surface area contributed by atoms with Crippen molar-refractivity contribution in [3.63, 3.8) is 0 Å². The summed E-state index contributed by atoms with van der Waals surface area (Å²) < 4.78 is 0. The van der Waals surface area contributed by atoms with Crippen LogP contribution in [0, 0.1) is 11.8 Å². The number of amides is 2. The number of hydrogen-bond donors (Lipinski definition) is 2. The first-order valence-electron chi connectivity index (χ1n) is 13.2. The molecule has 1 heterocycles. The Balaban J connectivity index is 1.46. The molecule has 0 aromatic heterocycles. The maximum absolute atomic E-state index is 13.2. The van der Waals surface area contributed by atoms with Crippen LogP contribution in [0.3, 0.4) is 0 Å². The number of hydrogen-bond acceptors (Lipinski definition) is 3.